The molecule has 1 N–H and O–H groups in total. The first-order valence-corrected chi connectivity index (χ1v) is 4.16. The van der Waals surface area contributed by atoms with Gasteiger partial charge in [-0.3, -0.25) is 0 Å². The summed E-state index contributed by atoms with van der Waals surface area (Å²) in [5, 5.41) is 1.14. The molecule has 56 valence electrons. The van der Waals surface area contributed by atoms with Gasteiger partial charge in [-0.25, -0.2) is 4.98 Å². The van der Waals surface area contributed by atoms with Gasteiger partial charge in [0.15, 0.2) is 0 Å². The smallest absolute Gasteiger partial charge is 0.138 e. The lowest BCUT2D eigenvalue weighted by molar-refractivity contribution is 1.27. The number of nitrogens with zero attached hydrogens (tertiary/aromatic N) is 1. The number of halogens is 1. The predicted octanol–water partition coefficient (Wildman–Crippen LogP) is 2.63. The fourth-order valence-electron chi connectivity index (χ4n) is 1.08. The van der Waals surface area contributed by atoms with Gasteiger partial charge in [0.2, 0.25) is 0 Å². The van der Waals surface area contributed by atoms with Crippen molar-refractivity contribution in [3.63, 3.8) is 0 Å². The lowest BCUT2D eigenvalue weighted by atomic mass is 10.2. The van der Waals surface area contributed by atoms with Gasteiger partial charge in [-0.2, -0.15) is 0 Å². The maximum absolute atomic E-state index is 4.22. The number of hydrogen-bond acceptors (Lipinski definition) is 1. The van der Waals surface area contributed by atoms with Gasteiger partial charge in [0.05, 0.1) is 0 Å². The van der Waals surface area contributed by atoms with Gasteiger partial charge in [-0.15, -0.1) is 0 Å². The minimum atomic E-state index is 0.933. The van der Waals surface area contributed by atoms with Crippen molar-refractivity contribution < 1.29 is 0 Å². The fraction of sp³-hybridized carbons (Fsp3) is 0.125. The molecule has 11 heavy (non-hydrogen) atoms. The van der Waals surface area contributed by atoms with Crippen molar-refractivity contribution >= 4 is 27.0 Å². The summed E-state index contributed by atoms with van der Waals surface area (Å²) >= 11 is 3.50. The minimum absolute atomic E-state index is 0.933. The predicted molar refractivity (Wildman–Crippen MR) is 48.5 cm³/mol. The third kappa shape index (κ3) is 0.959. The normalized spacial score (nSPS) is 10.7. The van der Waals surface area contributed by atoms with Gasteiger partial charge >= 0.3 is 0 Å². The van der Waals surface area contributed by atoms with Crippen molar-refractivity contribution in [1.29, 1.82) is 0 Å². The van der Waals surface area contributed by atoms with Crippen LogP contribution in [0.25, 0.3) is 11.0 Å². The van der Waals surface area contributed by atoms with Gasteiger partial charge in [0.25, 0.3) is 0 Å². The van der Waals surface area contributed by atoms with Crippen molar-refractivity contribution in [1.82, 2.24) is 9.97 Å². The zero-order chi connectivity index (χ0) is 7.84. The number of pyridine rings is 1. The van der Waals surface area contributed by atoms with Crippen LogP contribution in [0.4, 0.5) is 0 Å². The number of fused-ring (bicyclic) bond motifs is 1. The molecule has 3 heteroatoms. The molecule has 0 saturated carbocycles. The van der Waals surface area contributed by atoms with E-state index in [0.29, 0.717) is 0 Å². The summed E-state index contributed by atoms with van der Waals surface area (Å²) in [7, 11) is 0. The summed E-state index contributed by atoms with van der Waals surface area (Å²) < 4.78 is 1.13. The molecule has 0 fully saturated rings. The molecule has 0 spiro atoms. The Kier molecular flexibility index (Phi) is 1.46. The second-order valence-corrected chi connectivity index (χ2v) is 3.29. The molecule has 0 unspecified atom stereocenters. The molecule has 0 radical (unpaired) electrons. The number of aromatic amines is 1. The average Bonchev–Trinajstić information content (AvgIpc) is 2.45. The monoisotopic (exact) mass is 210 g/mol. The van der Waals surface area contributed by atoms with E-state index in [1.807, 2.05) is 25.4 Å². The molecule has 2 nitrogen and oxygen atoms in total. The maximum atomic E-state index is 4.22. The highest BCUT2D eigenvalue weighted by Crippen LogP contribution is 2.24. The van der Waals surface area contributed by atoms with Crippen molar-refractivity contribution in [2.24, 2.45) is 0 Å². The van der Waals surface area contributed by atoms with Gasteiger partial charge < -0.3 is 4.98 Å². The molecular weight excluding hydrogens is 204 g/mol. The highest BCUT2D eigenvalue weighted by molar-refractivity contribution is 9.10. The quantitative estimate of drug-likeness (QED) is 0.712. The molecule has 0 amide bonds. The topological polar surface area (TPSA) is 28.7 Å². The van der Waals surface area contributed by atoms with E-state index >= 15 is 0 Å². The van der Waals surface area contributed by atoms with Crippen LogP contribution in [0.3, 0.4) is 0 Å². The molecule has 0 aromatic carbocycles. The second kappa shape index (κ2) is 2.34. The number of rotatable bonds is 0. The van der Waals surface area contributed by atoms with Gasteiger partial charge in [0.1, 0.15) is 5.65 Å². The summed E-state index contributed by atoms with van der Waals surface area (Å²) in [6.45, 7) is 2.03. The van der Waals surface area contributed by atoms with Crippen LogP contribution < -0.4 is 0 Å². The Bertz CT molecular complexity index is 392. The molecule has 0 saturated heterocycles. The van der Waals surface area contributed by atoms with Crippen LogP contribution >= 0.6 is 15.9 Å². The van der Waals surface area contributed by atoms with Crippen LogP contribution in [-0.2, 0) is 0 Å². The number of H-pyrrole nitrogens is 1. The van der Waals surface area contributed by atoms with E-state index in [-0.39, 0.29) is 0 Å². The van der Waals surface area contributed by atoms with Gasteiger partial charge in [-0.1, -0.05) is 0 Å². The Morgan fingerprint density at radius 1 is 1.55 bits per heavy atom. The molecule has 2 aromatic heterocycles. The molecule has 2 rings (SSSR count). The first-order valence-electron chi connectivity index (χ1n) is 3.37. The number of hydrogen-bond donors (Lipinski definition) is 1. The van der Waals surface area contributed by atoms with E-state index in [1.165, 1.54) is 0 Å². The number of aromatic nitrogens is 2. The Morgan fingerprint density at radius 2 is 2.36 bits per heavy atom. The van der Waals surface area contributed by atoms with Gasteiger partial charge in [0, 0.05) is 22.3 Å². The highest BCUT2D eigenvalue weighted by Gasteiger charge is 2.01. The first-order chi connectivity index (χ1) is 5.29. The van der Waals surface area contributed by atoms with Crippen LogP contribution in [0.2, 0.25) is 0 Å². The molecule has 0 bridgehead atoms. The molecule has 0 aliphatic rings. The molecule has 0 aliphatic heterocycles. The Balaban J connectivity index is 2.93. The summed E-state index contributed by atoms with van der Waals surface area (Å²) in [5.41, 5.74) is 2.10. The summed E-state index contributed by atoms with van der Waals surface area (Å²) in [6, 6.07) is 2.01. The summed E-state index contributed by atoms with van der Waals surface area (Å²) in [4.78, 5) is 7.26. The lowest BCUT2D eigenvalue weighted by Gasteiger charge is -1.96. The highest BCUT2D eigenvalue weighted by atomic mass is 79.9. The molecule has 0 atom stereocenters. The van der Waals surface area contributed by atoms with Crippen LogP contribution in [0, 0.1) is 6.92 Å². The molecule has 2 aromatic rings. The largest absolute Gasteiger partial charge is 0.346 e. The molecular formula is C8H7BrN2. The van der Waals surface area contributed by atoms with E-state index in [1.54, 1.807) is 0 Å². The third-order valence-corrected chi connectivity index (χ3v) is 2.75. The van der Waals surface area contributed by atoms with E-state index in [0.717, 1.165) is 21.1 Å². The van der Waals surface area contributed by atoms with Crippen LogP contribution in [0.15, 0.2) is 22.9 Å². The summed E-state index contributed by atoms with van der Waals surface area (Å²) in [6.07, 6.45) is 3.74. The zero-order valence-corrected chi connectivity index (χ0v) is 7.64. The van der Waals surface area contributed by atoms with E-state index < -0.39 is 0 Å². The Morgan fingerprint density at radius 3 is 3.18 bits per heavy atom. The first kappa shape index (κ1) is 6.85. The summed E-state index contributed by atoms with van der Waals surface area (Å²) in [5.74, 6) is 0. The van der Waals surface area contributed by atoms with Crippen LogP contribution in [0.5, 0.6) is 0 Å². The lowest BCUT2D eigenvalue weighted by Crippen LogP contribution is -1.80. The third-order valence-electron chi connectivity index (χ3n) is 1.70. The van der Waals surface area contributed by atoms with E-state index in [2.05, 4.69) is 25.9 Å². The van der Waals surface area contributed by atoms with Gasteiger partial charge in [-0.05, 0) is 34.5 Å². The van der Waals surface area contributed by atoms with E-state index in [4.69, 9.17) is 0 Å². The van der Waals surface area contributed by atoms with Crippen molar-refractivity contribution in [2.45, 2.75) is 6.92 Å². The standard InChI is InChI=1S/C8H7BrN2/c1-5-4-11-8-6(7(5)9)2-3-10-8/h2-4H,1H3,(H,10,11). The average molecular weight is 211 g/mol. The second-order valence-electron chi connectivity index (χ2n) is 2.50. The fourth-order valence-corrected chi connectivity index (χ4v) is 1.50. The van der Waals surface area contributed by atoms with Crippen molar-refractivity contribution in [2.75, 3.05) is 0 Å². The van der Waals surface area contributed by atoms with Crippen LogP contribution in [-0.4, -0.2) is 9.97 Å². The Labute approximate surface area is 72.8 Å². The number of aryl methyl sites for hydroxylation is 1. The minimum Gasteiger partial charge on any atom is -0.346 e. The Hall–Kier alpha value is -0.830. The molecule has 2 heterocycles. The number of nitrogens with one attached hydrogen (secondary N) is 1. The SMILES string of the molecule is Cc1cnc2[nH]ccc2c1Br. The maximum Gasteiger partial charge on any atom is 0.138 e. The van der Waals surface area contributed by atoms with Crippen molar-refractivity contribution in [3.8, 4) is 0 Å². The van der Waals surface area contributed by atoms with Crippen molar-refractivity contribution in [3.05, 3.63) is 28.5 Å². The molecule has 0 aliphatic carbocycles. The van der Waals surface area contributed by atoms with E-state index in [9.17, 15) is 0 Å². The zero-order valence-electron chi connectivity index (χ0n) is 6.06. The van der Waals surface area contributed by atoms with Crippen LogP contribution in [0.1, 0.15) is 5.56 Å².